The predicted molar refractivity (Wildman–Crippen MR) is 92.1 cm³/mol. The van der Waals surface area contributed by atoms with Gasteiger partial charge in [-0.2, -0.15) is 8.42 Å². The molecule has 1 aliphatic rings. The summed E-state index contributed by atoms with van der Waals surface area (Å²) < 4.78 is 40.4. The number of rotatable bonds is 5. The minimum absolute atomic E-state index is 0.0967. The third kappa shape index (κ3) is 3.12. The second-order valence-electron chi connectivity index (χ2n) is 6.03. The molecule has 1 heterocycles. The number of hydrogen-bond acceptors (Lipinski definition) is 5. The highest BCUT2D eigenvalue weighted by molar-refractivity contribution is 7.94. The zero-order valence-electron chi connectivity index (χ0n) is 13.5. The highest BCUT2D eigenvalue weighted by atomic mass is 32.2. The Balaban J connectivity index is 2.11. The van der Waals surface area contributed by atoms with E-state index in [1.807, 2.05) is 0 Å². The summed E-state index contributed by atoms with van der Waals surface area (Å²) in [5.41, 5.74) is 2.73. The molecule has 24 heavy (non-hydrogen) atoms. The Morgan fingerprint density at radius 3 is 2.62 bits per heavy atom. The standard InChI is InChI=1S/C16H19FN2O3S2/c1-10(17)8-19(24(21,22)16-18-11(2)9-23-16)14-6-12-4-3-5-13(12)7-15(14)20/h6-7,9-10,20H,3-5,8H2,1-2H3/t10-/m0/s1. The Kier molecular flexibility index (Phi) is 4.52. The fraction of sp³-hybridized carbons (Fsp3) is 0.438. The van der Waals surface area contributed by atoms with Crippen LogP contribution in [0.2, 0.25) is 0 Å². The van der Waals surface area contributed by atoms with Crippen LogP contribution in [0.25, 0.3) is 0 Å². The number of aryl methyl sites for hydroxylation is 3. The molecule has 8 heteroatoms. The fourth-order valence-corrected chi connectivity index (χ4v) is 5.57. The van der Waals surface area contributed by atoms with Crippen molar-refractivity contribution in [2.24, 2.45) is 0 Å². The van der Waals surface area contributed by atoms with Crippen LogP contribution in [0.1, 0.15) is 30.2 Å². The van der Waals surface area contributed by atoms with Crippen molar-refractivity contribution in [2.75, 3.05) is 10.8 Å². The first-order chi connectivity index (χ1) is 11.3. The van der Waals surface area contributed by atoms with E-state index in [1.165, 1.54) is 6.92 Å². The van der Waals surface area contributed by atoms with E-state index in [1.54, 1.807) is 24.4 Å². The van der Waals surface area contributed by atoms with E-state index in [0.29, 0.717) is 5.69 Å². The molecule has 0 amide bonds. The fourth-order valence-electron chi connectivity index (χ4n) is 2.90. The minimum atomic E-state index is -4.03. The molecule has 0 spiro atoms. The van der Waals surface area contributed by atoms with Gasteiger partial charge in [0.1, 0.15) is 11.9 Å². The molecule has 130 valence electrons. The number of phenolic OH excluding ortho intramolecular Hbond substituents is 1. The average molecular weight is 370 g/mol. The molecule has 1 atom stereocenters. The SMILES string of the molecule is Cc1csc(S(=O)(=O)N(C[C@H](C)F)c2cc3c(cc2O)CCC3)n1. The third-order valence-electron chi connectivity index (χ3n) is 3.98. The van der Waals surface area contributed by atoms with Gasteiger partial charge in [0.05, 0.1) is 12.2 Å². The van der Waals surface area contributed by atoms with Crippen LogP contribution in [0, 0.1) is 6.92 Å². The second-order valence-corrected chi connectivity index (χ2v) is 8.93. The van der Waals surface area contributed by atoms with Gasteiger partial charge in [-0.05, 0) is 56.4 Å². The van der Waals surface area contributed by atoms with Crippen molar-refractivity contribution in [3.05, 3.63) is 34.3 Å². The van der Waals surface area contributed by atoms with Crippen LogP contribution in [0.5, 0.6) is 5.75 Å². The zero-order valence-corrected chi connectivity index (χ0v) is 15.1. The van der Waals surface area contributed by atoms with Crippen molar-refractivity contribution in [1.29, 1.82) is 0 Å². The second kappa shape index (κ2) is 6.33. The monoisotopic (exact) mass is 370 g/mol. The van der Waals surface area contributed by atoms with Crippen molar-refractivity contribution in [1.82, 2.24) is 4.98 Å². The predicted octanol–water partition coefficient (Wildman–Crippen LogP) is 3.20. The van der Waals surface area contributed by atoms with E-state index in [9.17, 15) is 17.9 Å². The van der Waals surface area contributed by atoms with E-state index < -0.39 is 16.2 Å². The molecule has 0 aliphatic heterocycles. The van der Waals surface area contributed by atoms with Crippen LogP contribution in [0.15, 0.2) is 21.9 Å². The van der Waals surface area contributed by atoms with Gasteiger partial charge in [0.15, 0.2) is 0 Å². The Labute approximate surface area is 144 Å². The van der Waals surface area contributed by atoms with E-state index in [-0.39, 0.29) is 22.3 Å². The lowest BCUT2D eigenvalue weighted by Gasteiger charge is -2.25. The lowest BCUT2D eigenvalue weighted by Crippen LogP contribution is -2.35. The van der Waals surface area contributed by atoms with Gasteiger partial charge in [-0.15, -0.1) is 11.3 Å². The maximum Gasteiger partial charge on any atom is 0.291 e. The number of benzene rings is 1. The molecule has 5 nitrogen and oxygen atoms in total. The smallest absolute Gasteiger partial charge is 0.291 e. The lowest BCUT2D eigenvalue weighted by molar-refractivity contribution is 0.369. The molecule has 3 rings (SSSR count). The van der Waals surface area contributed by atoms with Gasteiger partial charge in [0, 0.05) is 11.1 Å². The van der Waals surface area contributed by atoms with Crippen molar-refractivity contribution < 1.29 is 17.9 Å². The highest BCUT2D eigenvalue weighted by Crippen LogP contribution is 2.38. The summed E-state index contributed by atoms with van der Waals surface area (Å²) in [7, 11) is -4.03. The number of aromatic nitrogens is 1. The lowest BCUT2D eigenvalue weighted by atomic mass is 10.1. The van der Waals surface area contributed by atoms with E-state index >= 15 is 0 Å². The summed E-state index contributed by atoms with van der Waals surface area (Å²) in [6, 6.07) is 3.26. The number of halogens is 1. The van der Waals surface area contributed by atoms with Gasteiger partial charge < -0.3 is 5.11 Å². The Hall–Kier alpha value is -1.67. The normalized spacial score (nSPS) is 15.3. The van der Waals surface area contributed by atoms with E-state index in [2.05, 4.69) is 4.98 Å². The van der Waals surface area contributed by atoms with Crippen LogP contribution in [-0.2, 0) is 22.9 Å². The highest BCUT2D eigenvalue weighted by Gasteiger charge is 2.32. The Morgan fingerprint density at radius 1 is 1.38 bits per heavy atom. The maximum atomic E-state index is 13.7. The van der Waals surface area contributed by atoms with Gasteiger partial charge in [-0.3, -0.25) is 4.31 Å². The summed E-state index contributed by atoms with van der Waals surface area (Å²) in [6.07, 6.45) is 1.28. The first-order valence-electron chi connectivity index (χ1n) is 7.72. The molecule has 1 N–H and O–H groups in total. The van der Waals surface area contributed by atoms with Gasteiger partial charge in [0.2, 0.25) is 4.34 Å². The van der Waals surface area contributed by atoms with Crippen LogP contribution in [0.3, 0.4) is 0 Å². The number of fused-ring (bicyclic) bond motifs is 1. The molecule has 0 fully saturated rings. The Bertz CT molecular complexity index is 862. The number of phenols is 1. The quantitative estimate of drug-likeness (QED) is 0.877. The largest absolute Gasteiger partial charge is 0.506 e. The number of nitrogens with zero attached hydrogens (tertiary/aromatic N) is 2. The molecule has 1 aliphatic carbocycles. The molecule has 1 aromatic heterocycles. The first kappa shape index (κ1) is 17.2. The van der Waals surface area contributed by atoms with Crippen LogP contribution in [-0.4, -0.2) is 31.2 Å². The molecule has 0 saturated heterocycles. The third-order valence-corrected chi connectivity index (χ3v) is 7.11. The molecule has 0 bridgehead atoms. The molecule has 1 aromatic carbocycles. The molecule has 0 saturated carbocycles. The number of thiazole rings is 1. The van der Waals surface area contributed by atoms with Crippen molar-refractivity contribution in [2.45, 2.75) is 43.6 Å². The van der Waals surface area contributed by atoms with Crippen molar-refractivity contribution in [3.63, 3.8) is 0 Å². The topological polar surface area (TPSA) is 70.5 Å². The molecule has 0 radical (unpaired) electrons. The van der Waals surface area contributed by atoms with Gasteiger partial charge in [0.25, 0.3) is 10.0 Å². The summed E-state index contributed by atoms with van der Waals surface area (Å²) in [4.78, 5) is 4.02. The molecule has 2 aromatic rings. The number of anilines is 1. The zero-order chi connectivity index (χ0) is 17.5. The van der Waals surface area contributed by atoms with Crippen LogP contribution < -0.4 is 4.31 Å². The van der Waals surface area contributed by atoms with Gasteiger partial charge in [-0.25, -0.2) is 9.37 Å². The minimum Gasteiger partial charge on any atom is -0.506 e. The number of aromatic hydroxyl groups is 1. The number of sulfonamides is 1. The summed E-state index contributed by atoms with van der Waals surface area (Å²) in [5, 5.41) is 12.0. The van der Waals surface area contributed by atoms with Crippen LogP contribution >= 0.6 is 11.3 Å². The van der Waals surface area contributed by atoms with Gasteiger partial charge >= 0.3 is 0 Å². The molecular formula is C16H19FN2O3S2. The van der Waals surface area contributed by atoms with E-state index in [0.717, 1.165) is 46.0 Å². The summed E-state index contributed by atoms with van der Waals surface area (Å²) in [6.45, 7) is 2.62. The maximum absolute atomic E-state index is 13.7. The number of alkyl halides is 1. The van der Waals surface area contributed by atoms with Crippen molar-refractivity contribution in [3.8, 4) is 5.75 Å². The van der Waals surface area contributed by atoms with Crippen LogP contribution in [0.4, 0.5) is 10.1 Å². The van der Waals surface area contributed by atoms with E-state index in [4.69, 9.17) is 0 Å². The van der Waals surface area contributed by atoms with Gasteiger partial charge in [-0.1, -0.05) is 0 Å². The average Bonchev–Trinajstić information content (AvgIpc) is 3.12. The first-order valence-corrected chi connectivity index (χ1v) is 10.0. The number of hydrogen-bond donors (Lipinski definition) is 1. The molecular weight excluding hydrogens is 351 g/mol. The summed E-state index contributed by atoms with van der Waals surface area (Å²) in [5.74, 6) is -0.145. The summed E-state index contributed by atoms with van der Waals surface area (Å²) >= 11 is 0.993. The molecule has 0 unspecified atom stereocenters. The Morgan fingerprint density at radius 2 is 2.04 bits per heavy atom. The van der Waals surface area contributed by atoms with Crippen molar-refractivity contribution >= 4 is 27.0 Å².